The van der Waals surface area contributed by atoms with Crippen molar-refractivity contribution in [3.05, 3.63) is 53.6 Å². The second-order valence-electron chi connectivity index (χ2n) is 7.38. The summed E-state index contributed by atoms with van der Waals surface area (Å²) in [4.78, 5) is 14.9. The van der Waals surface area contributed by atoms with Crippen molar-refractivity contribution < 1.29 is 19.0 Å². The number of fused-ring (bicyclic) bond motifs is 2. The first kappa shape index (κ1) is 17.3. The zero-order valence-electron chi connectivity index (χ0n) is 15.5. The Hall–Kier alpha value is -2.77. The first-order valence-electron chi connectivity index (χ1n) is 9.65. The van der Waals surface area contributed by atoms with E-state index in [4.69, 9.17) is 14.2 Å². The number of hydrazine groups is 1. The molecule has 7 heteroatoms. The van der Waals surface area contributed by atoms with Crippen molar-refractivity contribution in [2.24, 2.45) is 0 Å². The lowest BCUT2D eigenvalue weighted by molar-refractivity contribution is -0.134. The fourth-order valence-electron chi connectivity index (χ4n) is 3.96. The Balaban J connectivity index is 1.14. The van der Waals surface area contributed by atoms with E-state index in [-0.39, 0.29) is 24.8 Å². The van der Waals surface area contributed by atoms with Gasteiger partial charge in [0.15, 0.2) is 11.5 Å². The van der Waals surface area contributed by atoms with E-state index in [1.807, 2.05) is 29.2 Å². The molecule has 0 spiro atoms. The lowest BCUT2D eigenvalue weighted by atomic mass is 9.99. The molecular formula is C21H23N3O4. The molecule has 0 saturated carbocycles. The third-order valence-corrected chi connectivity index (χ3v) is 5.52. The molecule has 2 aromatic rings. The van der Waals surface area contributed by atoms with Crippen LogP contribution in [-0.2, 0) is 17.8 Å². The minimum Gasteiger partial charge on any atom is -0.492 e. The number of carbonyl (C=O) groups is 1. The van der Waals surface area contributed by atoms with Crippen molar-refractivity contribution in [2.45, 2.75) is 31.5 Å². The zero-order chi connectivity index (χ0) is 18.9. The zero-order valence-corrected chi connectivity index (χ0v) is 15.5. The maximum atomic E-state index is 12.9. The maximum Gasteiger partial charge on any atom is 0.241 e. The monoisotopic (exact) mass is 381 g/mol. The lowest BCUT2D eigenvalue weighted by Gasteiger charge is -2.30. The van der Waals surface area contributed by atoms with Gasteiger partial charge >= 0.3 is 0 Å². The molecule has 7 nitrogen and oxygen atoms in total. The fraction of sp³-hybridized carbons (Fsp3) is 0.381. The summed E-state index contributed by atoms with van der Waals surface area (Å²) in [5.41, 5.74) is 8.92. The molecular weight excluding hydrogens is 358 g/mol. The molecule has 2 N–H and O–H groups in total. The summed E-state index contributed by atoms with van der Waals surface area (Å²) in [7, 11) is 0. The molecule has 0 radical (unpaired) electrons. The van der Waals surface area contributed by atoms with E-state index in [0.29, 0.717) is 25.3 Å². The number of benzene rings is 2. The largest absolute Gasteiger partial charge is 0.492 e. The molecule has 1 amide bonds. The Bertz CT molecular complexity index is 888. The van der Waals surface area contributed by atoms with Crippen molar-refractivity contribution in [1.29, 1.82) is 0 Å². The van der Waals surface area contributed by atoms with E-state index in [2.05, 4.69) is 29.1 Å². The second kappa shape index (κ2) is 7.33. The highest BCUT2D eigenvalue weighted by Crippen LogP contribution is 2.35. The SMILES string of the molecule is O=C(C1CC(COc2ccc3c(c2)OCO3)NN1)N1CCc2ccccc2C1. The van der Waals surface area contributed by atoms with Crippen molar-refractivity contribution in [2.75, 3.05) is 19.9 Å². The summed E-state index contributed by atoms with van der Waals surface area (Å²) in [6.07, 6.45) is 1.61. The van der Waals surface area contributed by atoms with Gasteiger partial charge in [-0.1, -0.05) is 24.3 Å². The van der Waals surface area contributed by atoms with Gasteiger partial charge < -0.3 is 19.1 Å². The molecule has 3 aliphatic rings. The lowest BCUT2D eigenvalue weighted by Crippen LogP contribution is -2.47. The van der Waals surface area contributed by atoms with Gasteiger partial charge in [0.05, 0.1) is 6.04 Å². The van der Waals surface area contributed by atoms with Crippen LogP contribution in [0.25, 0.3) is 0 Å². The third kappa shape index (κ3) is 3.39. The molecule has 146 valence electrons. The first-order chi connectivity index (χ1) is 13.8. The van der Waals surface area contributed by atoms with Crippen LogP contribution in [0, 0.1) is 0 Å². The van der Waals surface area contributed by atoms with Gasteiger partial charge in [-0.3, -0.25) is 10.2 Å². The van der Waals surface area contributed by atoms with Gasteiger partial charge in [0.25, 0.3) is 0 Å². The van der Waals surface area contributed by atoms with Crippen LogP contribution in [0.4, 0.5) is 0 Å². The van der Waals surface area contributed by atoms with Gasteiger partial charge in [-0.25, -0.2) is 5.43 Å². The summed E-state index contributed by atoms with van der Waals surface area (Å²) in [5.74, 6) is 2.32. The van der Waals surface area contributed by atoms with E-state index >= 15 is 0 Å². The number of nitrogens with one attached hydrogen (secondary N) is 2. The number of amides is 1. The van der Waals surface area contributed by atoms with E-state index in [1.54, 1.807) is 0 Å². The Labute approximate surface area is 163 Å². The Morgan fingerprint density at radius 2 is 1.96 bits per heavy atom. The standard InChI is InChI=1S/C21H23N3O4/c25-21(24-8-7-14-3-1-2-4-15(14)11-24)18-9-16(22-23-18)12-26-17-5-6-19-20(10-17)28-13-27-19/h1-6,10,16,18,22-23H,7-9,11-13H2. The van der Waals surface area contributed by atoms with Crippen LogP contribution < -0.4 is 25.1 Å². The highest BCUT2D eigenvalue weighted by molar-refractivity contribution is 5.82. The number of hydrogen-bond donors (Lipinski definition) is 2. The van der Waals surface area contributed by atoms with Crippen LogP contribution in [0.1, 0.15) is 17.5 Å². The molecule has 2 aromatic carbocycles. The number of hydrogen-bond acceptors (Lipinski definition) is 6. The van der Waals surface area contributed by atoms with Crippen LogP contribution in [0.15, 0.2) is 42.5 Å². The Kier molecular flexibility index (Phi) is 4.54. The normalized spacial score (nSPS) is 22.8. The predicted octanol–water partition coefficient (Wildman–Crippen LogP) is 1.61. The molecule has 28 heavy (non-hydrogen) atoms. The second-order valence-corrected chi connectivity index (χ2v) is 7.38. The Morgan fingerprint density at radius 3 is 2.89 bits per heavy atom. The minimum absolute atomic E-state index is 0.0662. The smallest absolute Gasteiger partial charge is 0.241 e. The summed E-state index contributed by atoms with van der Waals surface area (Å²) < 4.78 is 16.6. The van der Waals surface area contributed by atoms with Crippen LogP contribution >= 0.6 is 0 Å². The number of carbonyl (C=O) groups excluding carboxylic acids is 1. The van der Waals surface area contributed by atoms with E-state index in [0.717, 1.165) is 24.5 Å². The number of nitrogens with zero attached hydrogens (tertiary/aromatic N) is 1. The summed E-state index contributed by atoms with van der Waals surface area (Å²) in [6.45, 7) is 2.18. The summed E-state index contributed by atoms with van der Waals surface area (Å²) >= 11 is 0. The molecule has 0 bridgehead atoms. The maximum absolute atomic E-state index is 12.9. The number of ether oxygens (including phenoxy) is 3. The highest BCUT2D eigenvalue weighted by Gasteiger charge is 2.33. The van der Waals surface area contributed by atoms with Gasteiger partial charge in [0.2, 0.25) is 12.7 Å². The third-order valence-electron chi connectivity index (χ3n) is 5.52. The van der Waals surface area contributed by atoms with Crippen molar-refractivity contribution in [3.63, 3.8) is 0 Å². The fourth-order valence-corrected chi connectivity index (χ4v) is 3.96. The quantitative estimate of drug-likeness (QED) is 0.839. The minimum atomic E-state index is -0.226. The molecule has 2 atom stereocenters. The topological polar surface area (TPSA) is 72.1 Å². The highest BCUT2D eigenvalue weighted by atomic mass is 16.7. The summed E-state index contributed by atoms with van der Waals surface area (Å²) in [5, 5.41) is 0. The molecule has 1 saturated heterocycles. The van der Waals surface area contributed by atoms with Crippen molar-refractivity contribution in [3.8, 4) is 17.2 Å². The van der Waals surface area contributed by atoms with Gasteiger partial charge in [-0.05, 0) is 36.1 Å². The average Bonchev–Trinajstić information content (AvgIpc) is 3.40. The van der Waals surface area contributed by atoms with Gasteiger partial charge in [0.1, 0.15) is 18.4 Å². The van der Waals surface area contributed by atoms with Gasteiger partial charge in [-0.2, -0.15) is 0 Å². The van der Waals surface area contributed by atoms with E-state index < -0.39 is 0 Å². The molecule has 2 unspecified atom stereocenters. The van der Waals surface area contributed by atoms with E-state index in [1.165, 1.54) is 11.1 Å². The molecule has 3 aliphatic heterocycles. The van der Waals surface area contributed by atoms with E-state index in [9.17, 15) is 4.79 Å². The summed E-state index contributed by atoms with van der Waals surface area (Å²) in [6, 6.07) is 13.7. The van der Waals surface area contributed by atoms with Crippen molar-refractivity contribution >= 4 is 5.91 Å². The average molecular weight is 381 g/mol. The van der Waals surface area contributed by atoms with Gasteiger partial charge in [-0.15, -0.1) is 0 Å². The van der Waals surface area contributed by atoms with Crippen LogP contribution in [0.5, 0.6) is 17.2 Å². The molecule has 0 aromatic heterocycles. The molecule has 5 rings (SSSR count). The van der Waals surface area contributed by atoms with Crippen LogP contribution in [-0.4, -0.2) is 42.8 Å². The molecule has 1 fully saturated rings. The number of rotatable bonds is 4. The van der Waals surface area contributed by atoms with Crippen molar-refractivity contribution in [1.82, 2.24) is 15.8 Å². The van der Waals surface area contributed by atoms with Crippen LogP contribution in [0.2, 0.25) is 0 Å². The first-order valence-corrected chi connectivity index (χ1v) is 9.65. The Morgan fingerprint density at radius 1 is 1.11 bits per heavy atom. The van der Waals surface area contributed by atoms with Crippen LogP contribution in [0.3, 0.4) is 0 Å². The molecule has 3 heterocycles. The predicted molar refractivity (Wildman–Crippen MR) is 102 cm³/mol. The van der Waals surface area contributed by atoms with Gasteiger partial charge in [0, 0.05) is 19.2 Å². The molecule has 0 aliphatic carbocycles.